The van der Waals surface area contributed by atoms with Gasteiger partial charge in [-0.1, -0.05) is 46.6 Å². The van der Waals surface area contributed by atoms with Gasteiger partial charge in [0.05, 0.1) is 17.1 Å². The molecule has 4 aromatic rings. The molecule has 2 aromatic carbocycles. The Labute approximate surface area is 158 Å². The van der Waals surface area contributed by atoms with E-state index in [1.807, 2.05) is 60.8 Å². The van der Waals surface area contributed by atoms with Crippen LogP contribution in [0.25, 0.3) is 27.6 Å². The molecule has 2 aromatic heterocycles. The molecule has 0 aliphatic heterocycles. The molecule has 0 atom stereocenters. The molecule has 124 valence electrons. The fraction of sp³-hybridized carbons (Fsp3) is 0.0556. The predicted octanol–water partition coefficient (Wildman–Crippen LogP) is 5.67. The van der Waals surface area contributed by atoms with Crippen molar-refractivity contribution in [2.75, 3.05) is 0 Å². The van der Waals surface area contributed by atoms with Crippen molar-refractivity contribution in [3.05, 3.63) is 69.7 Å². The maximum Gasteiger partial charge on any atom is 0.146 e. The summed E-state index contributed by atoms with van der Waals surface area (Å²) in [5, 5.41) is 12.7. The third-order valence-corrected chi connectivity index (χ3v) is 5.09. The van der Waals surface area contributed by atoms with Crippen LogP contribution in [-0.2, 0) is 0 Å². The van der Waals surface area contributed by atoms with Gasteiger partial charge in [0.2, 0.25) is 0 Å². The van der Waals surface area contributed by atoms with E-state index < -0.39 is 0 Å². The van der Waals surface area contributed by atoms with E-state index in [1.54, 1.807) is 4.68 Å². The molecule has 2 heterocycles. The van der Waals surface area contributed by atoms with Crippen molar-refractivity contribution in [2.24, 2.45) is 0 Å². The molecule has 0 aliphatic carbocycles. The Morgan fingerprint density at radius 3 is 2.52 bits per heavy atom. The van der Waals surface area contributed by atoms with Crippen LogP contribution in [0.15, 0.2) is 53.9 Å². The summed E-state index contributed by atoms with van der Waals surface area (Å²) in [4.78, 5) is 4.70. The fourth-order valence-electron chi connectivity index (χ4n) is 2.54. The zero-order valence-corrected chi connectivity index (χ0v) is 15.5. The van der Waals surface area contributed by atoms with Gasteiger partial charge in [0.15, 0.2) is 0 Å². The van der Waals surface area contributed by atoms with Crippen molar-refractivity contribution < 1.29 is 0 Å². The molecule has 0 amide bonds. The third-order valence-electron chi connectivity index (χ3n) is 3.77. The molecule has 0 saturated heterocycles. The number of thiazole rings is 1. The smallest absolute Gasteiger partial charge is 0.146 e. The third kappa shape index (κ3) is 3.18. The maximum atomic E-state index is 6.07. The Hall–Kier alpha value is -2.21. The van der Waals surface area contributed by atoms with E-state index in [1.165, 1.54) is 11.3 Å². The van der Waals surface area contributed by atoms with Crippen LogP contribution in [0.2, 0.25) is 10.0 Å². The molecule has 0 bridgehead atoms. The van der Waals surface area contributed by atoms with Crippen LogP contribution in [0.4, 0.5) is 0 Å². The summed E-state index contributed by atoms with van der Waals surface area (Å²) in [5.74, 6) is 0. The molecular weight excluding hydrogens is 375 g/mol. The standard InChI is InChI=1S/C18H12Cl2N4S/c1-11-17(22-23-24(11)15-7-3-6-14(20)9-15)18-21-16(10-25-18)12-4-2-5-13(19)8-12/h2-10H,1H3. The maximum absolute atomic E-state index is 6.07. The summed E-state index contributed by atoms with van der Waals surface area (Å²) in [6.07, 6.45) is 0. The number of benzene rings is 2. The summed E-state index contributed by atoms with van der Waals surface area (Å²) < 4.78 is 1.77. The Morgan fingerprint density at radius 1 is 1.00 bits per heavy atom. The lowest BCUT2D eigenvalue weighted by Gasteiger charge is -2.03. The van der Waals surface area contributed by atoms with Crippen LogP contribution in [0.1, 0.15) is 5.69 Å². The lowest BCUT2D eigenvalue weighted by atomic mass is 10.2. The molecular formula is C18H12Cl2N4S. The number of hydrogen-bond acceptors (Lipinski definition) is 4. The van der Waals surface area contributed by atoms with E-state index in [0.29, 0.717) is 10.0 Å². The second-order valence-corrected chi connectivity index (χ2v) is 7.19. The first-order valence-electron chi connectivity index (χ1n) is 7.52. The quantitative estimate of drug-likeness (QED) is 0.455. The lowest BCUT2D eigenvalue weighted by molar-refractivity contribution is 0.785. The van der Waals surface area contributed by atoms with E-state index in [0.717, 1.165) is 33.3 Å². The molecule has 0 saturated carbocycles. The van der Waals surface area contributed by atoms with Gasteiger partial charge in [-0.2, -0.15) is 0 Å². The normalized spacial score (nSPS) is 11.0. The largest absolute Gasteiger partial charge is 0.234 e. The Bertz CT molecular complexity index is 1050. The van der Waals surface area contributed by atoms with Crippen LogP contribution in [-0.4, -0.2) is 20.0 Å². The number of hydrogen-bond donors (Lipinski definition) is 0. The van der Waals surface area contributed by atoms with Crippen LogP contribution >= 0.6 is 34.5 Å². The molecule has 4 nitrogen and oxygen atoms in total. The molecule has 0 aliphatic rings. The second-order valence-electron chi connectivity index (χ2n) is 5.46. The van der Waals surface area contributed by atoms with Crippen LogP contribution in [0.5, 0.6) is 0 Å². The van der Waals surface area contributed by atoms with Crippen molar-refractivity contribution >= 4 is 34.5 Å². The molecule has 0 fully saturated rings. The predicted molar refractivity (Wildman–Crippen MR) is 103 cm³/mol. The molecule has 0 radical (unpaired) electrons. The summed E-state index contributed by atoms with van der Waals surface area (Å²) in [6, 6.07) is 15.2. The van der Waals surface area contributed by atoms with Gasteiger partial charge < -0.3 is 0 Å². The van der Waals surface area contributed by atoms with Crippen molar-refractivity contribution in [3.63, 3.8) is 0 Å². The summed E-state index contributed by atoms with van der Waals surface area (Å²) in [7, 11) is 0. The fourth-order valence-corrected chi connectivity index (χ4v) is 3.78. The van der Waals surface area contributed by atoms with Gasteiger partial charge in [-0.25, -0.2) is 9.67 Å². The minimum Gasteiger partial charge on any atom is -0.234 e. The van der Waals surface area contributed by atoms with E-state index >= 15 is 0 Å². The Kier molecular flexibility index (Phi) is 4.29. The molecule has 0 N–H and O–H groups in total. The highest BCUT2D eigenvalue weighted by atomic mass is 35.5. The zero-order valence-electron chi connectivity index (χ0n) is 13.1. The highest BCUT2D eigenvalue weighted by molar-refractivity contribution is 7.13. The SMILES string of the molecule is Cc1c(-c2nc(-c3cccc(Cl)c3)cs2)nnn1-c1cccc(Cl)c1. The van der Waals surface area contributed by atoms with Gasteiger partial charge in [-0.15, -0.1) is 16.4 Å². The topological polar surface area (TPSA) is 43.6 Å². The van der Waals surface area contributed by atoms with Gasteiger partial charge >= 0.3 is 0 Å². The average molecular weight is 387 g/mol. The van der Waals surface area contributed by atoms with Gasteiger partial charge in [0, 0.05) is 21.0 Å². The van der Waals surface area contributed by atoms with E-state index in [2.05, 4.69) is 10.3 Å². The number of rotatable bonds is 3. The van der Waals surface area contributed by atoms with Crippen molar-refractivity contribution in [2.45, 2.75) is 6.92 Å². The van der Waals surface area contributed by atoms with Crippen LogP contribution in [0.3, 0.4) is 0 Å². The lowest BCUT2D eigenvalue weighted by Crippen LogP contribution is -1.98. The average Bonchev–Trinajstić information content (AvgIpc) is 3.21. The highest BCUT2D eigenvalue weighted by Crippen LogP contribution is 2.31. The minimum atomic E-state index is 0.659. The molecule has 0 spiro atoms. The first-order chi connectivity index (χ1) is 12.1. The number of nitrogens with zero attached hydrogens (tertiary/aromatic N) is 4. The van der Waals surface area contributed by atoms with Gasteiger partial charge in [0.25, 0.3) is 0 Å². The van der Waals surface area contributed by atoms with Gasteiger partial charge in [-0.05, 0) is 37.3 Å². The summed E-state index contributed by atoms with van der Waals surface area (Å²) >= 11 is 13.7. The second kappa shape index (κ2) is 6.59. The number of halogens is 2. The van der Waals surface area contributed by atoms with Gasteiger partial charge in [-0.3, -0.25) is 0 Å². The first kappa shape index (κ1) is 16.3. The first-order valence-corrected chi connectivity index (χ1v) is 9.15. The highest BCUT2D eigenvalue weighted by Gasteiger charge is 2.16. The Balaban J connectivity index is 1.72. The van der Waals surface area contributed by atoms with Crippen molar-refractivity contribution in [3.8, 4) is 27.6 Å². The zero-order chi connectivity index (χ0) is 17.4. The summed E-state index contributed by atoms with van der Waals surface area (Å²) in [5.41, 5.74) is 4.40. The van der Waals surface area contributed by atoms with Crippen molar-refractivity contribution in [1.29, 1.82) is 0 Å². The minimum absolute atomic E-state index is 0.659. The Morgan fingerprint density at radius 2 is 1.76 bits per heavy atom. The molecule has 4 rings (SSSR count). The molecule has 25 heavy (non-hydrogen) atoms. The van der Waals surface area contributed by atoms with Gasteiger partial charge in [0.1, 0.15) is 10.7 Å². The van der Waals surface area contributed by atoms with E-state index in [9.17, 15) is 0 Å². The summed E-state index contributed by atoms with van der Waals surface area (Å²) in [6.45, 7) is 1.97. The van der Waals surface area contributed by atoms with E-state index in [-0.39, 0.29) is 0 Å². The molecule has 0 unspecified atom stereocenters. The van der Waals surface area contributed by atoms with Crippen LogP contribution in [0, 0.1) is 6.92 Å². The van der Waals surface area contributed by atoms with E-state index in [4.69, 9.17) is 28.2 Å². The van der Waals surface area contributed by atoms with Crippen LogP contribution < -0.4 is 0 Å². The monoisotopic (exact) mass is 386 g/mol. The number of aromatic nitrogens is 4. The molecule has 7 heteroatoms. The van der Waals surface area contributed by atoms with Crippen molar-refractivity contribution in [1.82, 2.24) is 20.0 Å².